The normalized spacial score (nSPS) is 11.4. The van der Waals surface area contributed by atoms with Crippen LogP contribution in [0.5, 0.6) is 5.75 Å². The van der Waals surface area contributed by atoms with Crippen LogP contribution in [0, 0.1) is 33.5 Å². The molecule has 1 N–H and O–H groups in total. The first-order chi connectivity index (χ1) is 18.6. The Morgan fingerprint density at radius 1 is 1.00 bits per heavy atom. The molecule has 0 unspecified atom stereocenters. The fourth-order valence-electron chi connectivity index (χ4n) is 4.71. The molecule has 0 spiro atoms. The Morgan fingerprint density at radius 3 is 2.51 bits per heavy atom. The number of imidazole rings is 1. The number of nitrogens with zero attached hydrogens (tertiary/aromatic N) is 5. The van der Waals surface area contributed by atoms with Crippen LogP contribution in [0.15, 0.2) is 48.7 Å². The van der Waals surface area contributed by atoms with Gasteiger partial charge in [-0.3, -0.25) is 4.98 Å². The van der Waals surface area contributed by atoms with Gasteiger partial charge in [-0.25, -0.2) is 19.3 Å². The van der Waals surface area contributed by atoms with Crippen molar-refractivity contribution in [1.29, 1.82) is 0 Å². The first-order valence-corrected chi connectivity index (χ1v) is 13.1. The van der Waals surface area contributed by atoms with Crippen LogP contribution >= 0.6 is 11.6 Å². The molecule has 200 valence electrons. The summed E-state index contributed by atoms with van der Waals surface area (Å²) >= 11 is 6.52. The molecule has 0 fully saturated rings. The van der Waals surface area contributed by atoms with Gasteiger partial charge >= 0.3 is 0 Å². The molecule has 0 saturated carbocycles. The van der Waals surface area contributed by atoms with Gasteiger partial charge < -0.3 is 14.6 Å². The van der Waals surface area contributed by atoms with E-state index in [-0.39, 0.29) is 11.9 Å². The standard InChI is InChI=1S/C30H30ClFN6O/c1-16(2)38-20(6)35-29-24(32)11-21(12-27(29)38)25-10-19(5)34-30(37-25)36-22-7-8-28(23(31)13-22)39-15-26-18(4)9-17(3)14-33-26/h7-14,16H,15H2,1-6H3,(H,34,36,37). The minimum Gasteiger partial charge on any atom is -0.486 e. The lowest BCUT2D eigenvalue weighted by atomic mass is 10.1. The van der Waals surface area contributed by atoms with Gasteiger partial charge in [-0.05, 0) is 89.1 Å². The van der Waals surface area contributed by atoms with Crippen molar-refractivity contribution >= 4 is 34.3 Å². The summed E-state index contributed by atoms with van der Waals surface area (Å²) in [6, 6.07) is 12.8. The van der Waals surface area contributed by atoms with Gasteiger partial charge in [0, 0.05) is 29.2 Å². The lowest BCUT2D eigenvalue weighted by Gasteiger charge is -2.13. The molecule has 0 bridgehead atoms. The zero-order chi connectivity index (χ0) is 27.8. The van der Waals surface area contributed by atoms with Crippen LogP contribution in [-0.2, 0) is 6.61 Å². The average molecular weight is 545 g/mol. The fraction of sp³-hybridized carbons (Fsp3) is 0.267. The summed E-state index contributed by atoms with van der Waals surface area (Å²) in [4.78, 5) is 18.1. The summed E-state index contributed by atoms with van der Waals surface area (Å²) in [5.41, 5.74) is 6.83. The molecule has 3 heterocycles. The maximum absolute atomic E-state index is 15.1. The molecule has 5 aromatic rings. The maximum Gasteiger partial charge on any atom is 0.227 e. The molecule has 0 aliphatic carbocycles. The molecular formula is C30H30ClFN6O. The third-order valence-corrected chi connectivity index (χ3v) is 6.76. The molecule has 0 atom stereocenters. The fourth-order valence-corrected chi connectivity index (χ4v) is 4.94. The molecule has 5 rings (SSSR count). The molecule has 3 aromatic heterocycles. The third kappa shape index (κ3) is 5.56. The van der Waals surface area contributed by atoms with Crippen molar-refractivity contribution in [2.75, 3.05) is 5.32 Å². The van der Waals surface area contributed by atoms with Gasteiger partial charge in [0.15, 0.2) is 5.82 Å². The van der Waals surface area contributed by atoms with Crippen LogP contribution < -0.4 is 10.1 Å². The minimum absolute atomic E-state index is 0.142. The molecule has 0 aliphatic heterocycles. The van der Waals surface area contributed by atoms with Gasteiger partial charge in [-0.1, -0.05) is 17.7 Å². The van der Waals surface area contributed by atoms with E-state index in [1.54, 1.807) is 12.1 Å². The van der Waals surface area contributed by atoms with Crippen LogP contribution in [0.3, 0.4) is 0 Å². The molecule has 0 amide bonds. The highest BCUT2D eigenvalue weighted by atomic mass is 35.5. The molecule has 39 heavy (non-hydrogen) atoms. The quantitative estimate of drug-likeness (QED) is 0.225. The van der Waals surface area contributed by atoms with Crippen molar-refractivity contribution in [2.45, 2.75) is 54.2 Å². The van der Waals surface area contributed by atoms with Crippen LogP contribution in [-0.4, -0.2) is 24.5 Å². The number of aryl methyl sites for hydroxylation is 4. The summed E-state index contributed by atoms with van der Waals surface area (Å²) in [5.74, 6) is 1.32. The van der Waals surface area contributed by atoms with E-state index in [0.717, 1.165) is 33.9 Å². The lowest BCUT2D eigenvalue weighted by molar-refractivity contribution is 0.300. The van der Waals surface area contributed by atoms with Gasteiger partial charge in [0.05, 0.1) is 21.9 Å². The Bertz CT molecular complexity index is 1700. The molecule has 0 radical (unpaired) electrons. The monoisotopic (exact) mass is 544 g/mol. The summed E-state index contributed by atoms with van der Waals surface area (Å²) in [7, 11) is 0. The van der Waals surface area contributed by atoms with Crippen molar-refractivity contribution in [3.8, 4) is 17.0 Å². The maximum atomic E-state index is 15.1. The van der Waals surface area contributed by atoms with E-state index in [4.69, 9.17) is 16.3 Å². The van der Waals surface area contributed by atoms with Crippen LogP contribution in [0.1, 0.15) is 48.2 Å². The molecule has 9 heteroatoms. The SMILES string of the molecule is Cc1cnc(COc2ccc(Nc3nc(C)cc(-c4cc(F)c5nc(C)n(C(C)C)c5c4)n3)cc2Cl)c(C)c1. The number of benzene rings is 2. The van der Waals surface area contributed by atoms with Crippen LogP contribution in [0.2, 0.25) is 5.02 Å². The van der Waals surface area contributed by atoms with E-state index in [2.05, 4.69) is 45.2 Å². The summed E-state index contributed by atoms with van der Waals surface area (Å²) < 4.78 is 23.0. The number of ether oxygens (including phenoxy) is 1. The Balaban J connectivity index is 1.39. The highest BCUT2D eigenvalue weighted by Crippen LogP contribution is 2.32. The minimum atomic E-state index is -0.380. The summed E-state index contributed by atoms with van der Waals surface area (Å²) in [6.07, 6.45) is 1.82. The number of halogens is 2. The molecule has 7 nitrogen and oxygen atoms in total. The van der Waals surface area contributed by atoms with Crippen LogP contribution in [0.4, 0.5) is 16.0 Å². The van der Waals surface area contributed by atoms with Crippen molar-refractivity contribution in [2.24, 2.45) is 0 Å². The number of hydrogen-bond donors (Lipinski definition) is 1. The van der Waals surface area contributed by atoms with Gasteiger partial charge in [-0.2, -0.15) is 0 Å². The Kier molecular flexibility index (Phi) is 7.23. The molecule has 2 aromatic carbocycles. The van der Waals surface area contributed by atoms with E-state index in [9.17, 15) is 0 Å². The highest BCUT2D eigenvalue weighted by molar-refractivity contribution is 6.32. The predicted molar refractivity (Wildman–Crippen MR) is 153 cm³/mol. The van der Waals surface area contributed by atoms with E-state index < -0.39 is 0 Å². The second-order valence-corrected chi connectivity index (χ2v) is 10.4. The second-order valence-electron chi connectivity index (χ2n) is 10.0. The zero-order valence-corrected chi connectivity index (χ0v) is 23.6. The Labute approximate surface area is 232 Å². The number of aromatic nitrogens is 5. The summed E-state index contributed by atoms with van der Waals surface area (Å²) in [5, 5.41) is 3.66. The van der Waals surface area contributed by atoms with Crippen molar-refractivity contribution in [3.05, 3.63) is 87.8 Å². The highest BCUT2D eigenvalue weighted by Gasteiger charge is 2.17. The summed E-state index contributed by atoms with van der Waals surface area (Å²) in [6.45, 7) is 12.2. The van der Waals surface area contributed by atoms with E-state index in [0.29, 0.717) is 45.8 Å². The van der Waals surface area contributed by atoms with Crippen molar-refractivity contribution < 1.29 is 9.13 Å². The Hall–Kier alpha value is -4.04. The average Bonchev–Trinajstić information content (AvgIpc) is 3.21. The van der Waals surface area contributed by atoms with E-state index >= 15 is 4.39 Å². The number of anilines is 2. The smallest absolute Gasteiger partial charge is 0.227 e. The first kappa shape index (κ1) is 26.6. The van der Waals surface area contributed by atoms with Gasteiger partial charge in [0.1, 0.15) is 23.7 Å². The number of fused-ring (bicyclic) bond motifs is 1. The second kappa shape index (κ2) is 10.6. The predicted octanol–water partition coefficient (Wildman–Crippen LogP) is 7.82. The molecular weight excluding hydrogens is 515 g/mol. The zero-order valence-electron chi connectivity index (χ0n) is 22.8. The van der Waals surface area contributed by atoms with Crippen molar-refractivity contribution in [3.63, 3.8) is 0 Å². The van der Waals surface area contributed by atoms with Gasteiger partial charge in [-0.15, -0.1) is 0 Å². The first-order valence-electron chi connectivity index (χ1n) is 12.7. The third-order valence-electron chi connectivity index (χ3n) is 6.47. The van der Waals surface area contributed by atoms with Crippen LogP contribution in [0.25, 0.3) is 22.3 Å². The van der Waals surface area contributed by atoms with E-state index in [1.165, 1.54) is 6.07 Å². The van der Waals surface area contributed by atoms with E-state index in [1.807, 2.05) is 56.7 Å². The largest absolute Gasteiger partial charge is 0.486 e. The lowest BCUT2D eigenvalue weighted by Crippen LogP contribution is -2.03. The number of pyridine rings is 1. The molecule has 0 saturated heterocycles. The topological polar surface area (TPSA) is 77.8 Å². The molecule has 0 aliphatic rings. The Morgan fingerprint density at radius 2 is 1.79 bits per heavy atom. The van der Waals surface area contributed by atoms with Gasteiger partial charge in [0.25, 0.3) is 0 Å². The van der Waals surface area contributed by atoms with Crippen molar-refractivity contribution in [1.82, 2.24) is 24.5 Å². The van der Waals surface area contributed by atoms with Gasteiger partial charge in [0.2, 0.25) is 5.95 Å². The number of nitrogens with one attached hydrogen (secondary N) is 1. The number of hydrogen-bond acceptors (Lipinski definition) is 6. The number of rotatable bonds is 7.